The molecule has 1 N–H and O–H groups in total. The summed E-state index contributed by atoms with van der Waals surface area (Å²) in [5.41, 5.74) is 0.975. The van der Waals surface area contributed by atoms with Crippen molar-refractivity contribution in [2.24, 2.45) is 5.92 Å². The normalized spacial score (nSPS) is 20.8. The SMILES string of the molecule is Cc1c(C(=O)O)cnn1C1CCN(C(=O)C2CCCCCC2)CC1. The zero-order chi connectivity index (χ0) is 17.1. The van der Waals surface area contributed by atoms with E-state index in [2.05, 4.69) is 5.10 Å². The maximum Gasteiger partial charge on any atom is 0.339 e. The number of aromatic nitrogens is 2. The van der Waals surface area contributed by atoms with Gasteiger partial charge in [0.1, 0.15) is 5.56 Å². The largest absolute Gasteiger partial charge is 0.478 e. The Kier molecular flexibility index (Phi) is 5.21. The van der Waals surface area contributed by atoms with Crippen LogP contribution in [0.15, 0.2) is 6.20 Å². The molecule has 0 spiro atoms. The minimum absolute atomic E-state index is 0.191. The second kappa shape index (κ2) is 7.36. The fourth-order valence-corrected chi connectivity index (χ4v) is 4.12. The van der Waals surface area contributed by atoms with E-state index in [0.29, 0.717) is 11.6 Å². The number of hydrogen-bond acceptors (Lipinski definition) is 3. The van der Waals surface area contributed by atoms with Gasteiger partial charge in [-0.1, -0.05) is 25.7 Å². The van der Waals surface area contributed by atoms with Gasteiger partial charge >= 0.3 is 5.97 Å². The van der Waals surface area contributed by atoms with E-state index >= 15 is 0 Å². The van der Waals surface area contributed by atoms with Gasteiger partial charge in [0.05, 0.1) is 17.9 Å². The van der Waals surface area contributed by atoms with E-state index in [4.69, 9.17) is 5.11 Å². The van der Waals surface area contributed by atoms with E-state index in [1.165, 1.54) is 31.9 Å². The van der Waals surface area contributed by atoms with Crippen LogP contribution in [0, 0.1) is 12.8 Å². The minimum atomic E-state index is -0.931. The summed E-state index contributed by atoms with van der Waals surface area (Å²) in [5.74, 6) is -0.382. The number of carbonyl (C=O) groups is 2. The van der Waals surface area contributed by atoms with Gasteiger partial charge in [0.15, 0.2) is 0 Å². The van der Waals surface area contributed by atoms with Crippen molar-refractivity contribution < 1.29 is 14.7 Å². The molecule has 2 aliphatic rings. The van der Waals surface area contributed by atoms with Crippen LogP contribution in [-0.2, 0) is 4.79 Å². The van der Waals surface area contributed by atoms with Gasteiger partial charge in [-0.2, -0.15) is 5.10 Å². The molecule has 132 valence electrons. The highest BCUT2D eigenvalue weighted by Gasteiger charge is 2.30. The molecule has 0 unspecified atom stereocenters. The van der Waals surface area contributed by atoms with Gasteiger partial charge in [-0.05, 0) is 32.6 Å². The number of nitrogens with zero attached hydrogens (tertiary/aromatic N) is 3. The quantitative estimate of drug-likeness (QED) is 0.863. The predicted molar refractivity (Wildman–Crippen MR) is 90.0 cm³/mol. The Morgan fingerprint density at radius 3 is 2.25 bits per heavy atom. The Bertz CT molecular complexity index is 595. The zero-order valence-electron chi connectivity index (χ0n) is 14.4. The molecule has 0 aromatic carbocycles. The third-order valence-electron chi connectivity index (χ3n) is 5.60. The maximum absolute atomic E-state index is 12.7. The van der Waals surface area contributed by atoms with Crippen molar-refractivity contribution in [1.29, 1.82) is 0 Å². The lowest BCUT2D eigenvalue weighted by Gasteiger charge is -2.34. The average Bonchev–Trinajstić information content (AvgIpc) is 2.80. The topological polar surface area (TPSA) is 75.4 Å². The standard InChI is InChI=1S/C18H27N3O3/c1-13-16(18(23)24)12-19-21(13)15-8-10-20(11-9-15)17(22)14-6-4-2-3-5-7-14/h12,14-15H,2-11H2,1H3,(H,23,24). The number of piperidine rings is 1. The molecule has 1 aliphatic heterocycles. The summed E-state index contributed by atoms with van der Waals surface area (Å²) < 4.78 is 1.83. The van der Waals surface area contributed by atoms with Crippen molar-refractivity contribution in [2.75, 3.05) is 13.1 Å². The fraction of sp³-hybridized carbons (Fsp3) is 0.722. The Morgan fingerprint density at radius 1 is 1.08 bits per heavy atom. The number of carboxylic acid groups (broad SMARTS) is 1. The highest BCUT2D eigenvalue weighted by atomic mass is 16.4. The Morgan fingerprint density at radius 2 is 1.71 bits per heavy atom. The fourth-order valence-electron chi connectivity index (χ4n) is 4.12. The molecule has 6 nitrogen and oxygen atoms in total. The number of likely N-dealkylation sites (tertiary alicyclic amines) is 1. The predicted octanol–water partition coefficient (Wildman–Crippen LogP) is 3.02. The summed E-state index contributed by atoms with van der Waals surface area (Å²) in [6.07, 6.45) is 10.1. The van der Waals surface area contributed by atoms with Crippen LogP contribution in [0.3, 0.4) is 0 Å². The van der Waals surface area contributed by atoms with Crippen molar-refractivity contribution in [3.8, 4) is 0 Å². The smallest absolute Gasteiger partial charge is 0.339 e. The average molecular weight is 333 g/mol. The molecule has 2 heterocycles. The third kappa shape index (κ3) is 3.47. The lowest BCUT2D eigenvalue weighted by Crippen LogP contribution is -2.42. The van der Waals surface area contributed by atoms with Crippen LogP contribution in [0.25, 0.3) is 0 Å². The first-order valence-corrected chi connectivity index (χ1v) is 9.14. The van der Waals surface area contributed by atoms with E-state index in [1.807, 2.05) is 9.58 Å². The number of carboxylic acids is 1. The summed E-state index contributed by atoms with van der Waals surface area (Å²) in [6, 6.07) is 0.191. The number of carbonyl (C=O) groups excluding carboxylic acids is 1. The molecule has 0 radical (unpaired) electrons. The molecule has 6 heteroatoms. The Labute approximate surface area is 142 Å². The van der Waals surface area contributed by atoms with E-state index < -0.39 is 5.97 Å². The summed E-state index contributed by atoms with van der Waals surface area (Å²) in [5, 5.41) is 13.4. The molecule has 3 rings (SSSR count). The lowest BCUT2D eigenvalue weighted by atomic mass is 9.96. The van der Waals surface area contributed by atoms with Crippen LogP contribution in [0.2, 0.25) is 0 Å². The molecule has 24 heavy (non-hydrogen) atoms. The molecule has 1 saturated heterocycles. The van der Waals surface area contributed by atoms with Gasteiger partial charge in [-0.3, -0.25) is 9.48 Å². The van der Waals surface area contributed by atoms with Gasteiger partial charge < -0.3 is 10.0 Å². The Balaban J connectivity index is 1.59. The van der Waals surface area contributed by atoms with Crippen molar-refractivity contribution >= 4 is 11.9 Å². The summed E-state index contributed by atoms with van der Waals surface area (Å²) >= 11 is 0. The summed E-state index contributed by atoms with van der Waals surface area (Å²) in [6.45, 7) is 3.31. The number of hydrogen-bond donors (Lipinski definition) is 1. The van der Waals surface area contributed by atoms with Crippen LogP contribution >= 0.6 is 0 Å². The molecule has 1 aromatic rings. The van der Waals surface area contributed by atoms with Crippen molar-refractivity contribution in [3.05, 3.63) is 17.5 Å². The molecule has 1 aliphatic carbocycles. The molecular formula is C18H27N3O3. The van der Waals surface area contributed by atoms with Crippen LogP contribution in [0.4, 0.5) is 0 Å². The van der Waals surface area contributed by atoms with Gasteiger partial charge in [0.2, 0.25) is 5.91 Å². The van der Waals surface area contributed by atoms with E-state index in [1.54, 1.807) is 6.92 Å². The molecule has 1 aromatic heterocycles. The van der Waals surface area contributed by atoms with E-state index in [9.17, 15) is 9.59 Å². The molecule has 1 saturated carbocycles. The van der Waals surface area contributed by atoms with Gasteiger partial charge in [0, 0.05) is 19.0 Å². The number of aromatic carboxylic acids is 1. The number of rotatable bonds is 3. The highest BCUT2D eigenvalue weighted by molar-refractivity contribution is 5.88. The van der Waals surface area contributed by atoms with Gasteiger partial charge in [0.25, 0.3) is 0 Å². The molecular weight excluding hydrogens is 306 g/mol. The second-order valence-corrected chi connectivity index (χ2v) is 7.14. The van der Waals surface area contributed by atoms with Crippen LogP contribution < -0.4 is 0 Å². The Hall–Kier alpha value is -1.85. The van der Waals surface area contributed by atoms with Crippen LogP contribution in [0.1, 0.15) is 73.5 Å². The molecule has 0 atom stereocenters. The van der Waals surface area contributed by atoms with Gasteiger partial charge in [-0.15, -0.1) is 0 Å². The van der Waals surface area contributed by atoms with E-state index in [0.717, 1.165) is 38.8 Å². The van der Waals surface area contributed by atoms with Crippen molar-refractivity contribution in [3.63, 3.8) is 0 Å². The lowest BCUT2D eigenvalue weighted by molar-refractivity contribution is -0.137. The summed E-state index contributed by atoms with van der Waals surface area (Å²) in [7, 11) is 0. The van der Waals surface area contributed by atoms with Crippen LogP contribution in [-0.4, -0.2) is 44.8 Å². The third-order valence-corrected chi connectivity index (χ3v) is 5.60. The first-order valence-electron chi connectivity index (χ1n) is 9.14. The molecule has 2 fully saturated rings. The minimum Gasteiger partial charge on any atom is -0.478 e. The van der Waals surface area contributed by atoms with Crippen molar-refractivity contribution in [2.45, 2.75) is 64.3 Å². The first-order chi connectivity index (χ1) is 11.6. The zero-order valence-corrected chi connectivity index (χ0v) is 14.4. The summed E-state index contributed by atoms with van der Waals surface area (Å²) in [4.78, 5) is 25.9. The van der Waals surface area contributed by atoms with Crippen molar-refractivity contribution in [1.82, 2.24) is 14.7 Å². The van der Waals surface area contributed by atoms with Gasteiger partial charge in [-0.25, -0.2) is 4.79 Å². The van der Waals surface area contributed by atoms with E-state index in [-0.39, 0.29) is 17.5 Å². The monoisotopic (exact) mass is 333 g/mol. The first kappa shape index (κ1) is 17.0. The maximum atomic E-state index is 12.7. The molecule has 0 bridgehead atoms. The second-order valence-electron chi connectivity index (χ2n) is 7.14. The highest BCUT2D eigenvalue weighted by Crippen LogP contribution is 2.29. The number of amides is 1. The molecule has 1 amide bonds. The van der Waals surface area contributed by atoms with Crippen LogP contribution in [0.5, 0.6) is 0 Å².